The van der Waals surface area contributed by atoms with Crippen LogP contribution in [0.2, 0.25) is 0 Å². The molecule has 1 saturated carbocycles. The lowest BCUT2D eigenvalue weighted by molar-refractivity contribution is 0.148. The Kier molecular flexibility index (Phi) is 3.01. The third-order valence-electron chi connectivity index (χ3n) is 4.23. The quantitative estimate of drug-likeness (QED) is 0.847. The van der Waals surface area contributed by atoms with Crippen LogP contribution in [0.15, 0.2) is 17.5 Å². The maximum atomic E-state index is 10.2. The Morgan fingerprint density at radius 3 is 3.25 bits per heavy atom. The molecule has 3 heteroatoms. The molecule has 0 bridgehead atoms. The van der Waals surface area contributed by atoms with Crippen LogP contribution in [0, 0.1) is 11.8 Å². The summed E-state index contributed by atoms with van der Waals surface area (Å²) in [5.41, 5.74) is 0. The Morgan fingerprint density at radius 2 is 2.44 bits per heavy atom. The van der Waals surface area contributed by atoms with Gasteiger partial charge in [-0.25, -0.2) is 0 Å². The fourth-order valence-corrected chi connectivity index (χ4v) is 4.12. The number of aliphatic hydroxyl groups is 1. The summed E-state index contributed by atoms with van der Waals surface area (Å²) in [6, 6.07) is 4.60. The van der Waals surface area contributed by atoms with Crippen molar-refractivity contribution in [2.24, 2.45) is 11.8 Å². The molecule has 0 aromatic carbocycles. The number of nitrogens with one attached hydrogen (secondary N) is 1. The van der Waals surface area contributed by atoms with E-state index < -0.39 is 0 Å². The molecule has 0 radical (unpaired) electrons. The maximum Gasteiger partial charge on any atom is 0.0896 e. The number of rotatable bonds is 3. The first-order valence-electron chi connectivity index (χ1n) is 6.29. The van der Waals surface area contributed by atoms with Crippen LogP contribution in [-0.2, 0) is 0 Å². The van der Waals surface area contributed by atoms with E-state index in [4.69, 9.17) is 0 Å². The molecule has 2 fully saturated rings. The fourth-order valence-electron chi connectivity index (χ4n) is 3.40. The van der Waals surface area contributed by atoms with Gasteiger partial charge in [0, 0.05) is 10.9 Å². The first-order valence-corrected chi connectivity index (χ1v) is 7.17. The fraction of sp³-hybridized carbons (Fsp3) is 0.692. The van der Waals surface area contributed by atoms with E-state index in [2.05, 4.69) is 5.32 Å². The van der Waals surface area contributed by atoms with Crippen LogP contribution in [-0.4, -0.2) is 17.7 Å². The molecule has 1 saturated heterocycles. The van der Waals surface area contributed by atoms with Gasteiger partial charge in [-0.3, -0.25) is 0 Å². The van der Waals surface area contributed by atoms with E-state index in [0.29, 0.717) is 6.04 Å². The summed E-state index contributed by atoms with van der Waals surface area (Å²) in [5.74, 6) is 1.72. The third-order valence-corrected chi connectivity index (χ3v) is 5.20. The molecular weight excluding hydrogens is 218 g/mol. The van der Waals surface area contributed by atoms with Gasteiger partial charge in [0.2, 0.25) is 0 Å². The van der Waals surface area contributed by atoms with Gasteiger partial charge in [0.25, 0.3) is 0 Å². The molecule has 2 nitrogen and oxygen atoms in total. The molecule has 1 aromatic heterocycles. The van der Waals surface area contributed by atoms with E-state index in [-0.39, 0.29) is 6.10 Å². The summed E-state index contributed by atoms with van der Waals surface area (Å²) < 4.78 is 0. The number of thiophene rings is 1. The predicted molar refractivity (Wildman–Crippen MR) is 66.5 cm³/mol. The summed E-state index contributed by atoms with van der Waals surface area (Å²) in [6.45, 7) is 1.17. The number of hydrogen-bond donors (Lipinski definition) is 2. The van der Waals surface area contributed by atoms with E-state index in [1.807, 2.05) is 17.5 Å². The van der Waals surface area contributed by atoms with Crippen molar-refractivity contribution in [2.45, 2.75) is 37.8 Å². The van der Waals surface area contributed by atoms with E-state index in [1.54, 1.807) is 11.3 Å². The van der Waals surface area contributed by atoms with Gasteiger partial charge in [0.15, 0.2) is 0 Å². The highest BCUT2D eigenvalue weighted by molar-refractivity contribution is 7.10. The molecule has 3 rings (SSSR count). The van der Waals surface area contributed by atoms with Crippen molar-refractivity contribution in [3.8, 4) is 0 Å². The molecule has 16 heavy (non-hydrogen) atoms. The molecule has 2 aliphatic rings. The van der Waals surface area contributed by atoms with Crippen LogP contribution in [0.5, 0.6) is 0 Å². The van der Waals surface area contributed by atoms with Crippen LogP contribution in [0.1, 0.15) is 36.7 Å². The number of hydrogen-bond acceptors (Lipinski definition) is 3. The lowest BCUT2D eigenvalue weighted by Gasteiger charge is -2.20. The smallest absolute Gasteiger partial charge is 0.0896 e. The molecule has 0 spiro atoms. The molecule has 1 aliphatic carbocycles. The second kappa shape index (κ2) is 4.47. The van der Waals surface area contributed by atoms with Crippen LogP contribution in [0.25, 0.3) is 0 Å². The van der Waals surface area contributed by atoms with Crippen LogP contribution < -0.4 is 5.32 Å². The minimum absolute atomic E-state index is 0.267. The Bertz CT molecular complexity index is 338. The standard InChI is InChI=1S/C13H19NOS/c15-12(13-5-2-6-16-13)7-11-10-4-1-3-9(10)8-14-11/h2,5-6,9-12,14-15H,1,3-4,7-8H2. The summed E-state index contributed by atoms with van der Waals surface area (Å²) in [6.07, 6.45) is 4.77. The first-order chi connectivity index (χ1) is 7.84. The van der Waals surface area contributed by atoms with Gasteiger partial charge >= 0.3 is 0 Å². The van der Waals surface area contributed by atoms with Gasteiger partial charge in [-0.1, -0.05) is 12.5 Å². The van der Waals surface area contributed by atoms with E-state index >= 15 is 0 Å². The average molecular weight is 237 g/mol. The zero-order valence-corrected chi connectivity index (χ0v) is 10.2. The highest BCUT2D eigenvalue weighted by Gasteiger charge is 2.39. The lowest BCUT2D eigenvalue weighted by Crippen LogP contribution is -2.28. The zero-order valence-electron chi connectivity index (χ0n) is 9.43. The zero-order chi connectivity index (χ0) is 11.0. The molecule has 2 N–H and O–H groups in total. The topological polar surface area (TPSA) is 32.3 Å². The second-order valence-electron chi connectivity index (χ2n) is 5.14. The number of fused-ring (bicyclic) bond motifs is 1. The summed E-state index contributed by atoms with van der Waals surface area (Å²) in [5, 5.41) is 15.8. The molecular formula is C13H19NOS. The molecule has 4 atom stereocenters. The van der Waals surface area contributed by atoms with Crippen molar-refractivity contribution in [1.82, 2.24) is 5.32 Å². The molecule has 4 unspecified atom stereocenters. The highest BCUT2D eigenvalue weighted by Crippen LogP contribution is 2.40. The summed E-state index contributed by atoms with van der Waals surface area (Å²) in [4.78, 5) is 1.11. The third kappa shape index (κ3) is 1.92. The Hall–Kier alpha value is -0.380. The maximum absolute atomic E-state index is 10.2. The Labute approximate surface area is 101 Å². The molecule has 1 aromatic rings. The van der Waals surface area contributed by atoms with Crippen molar-refractivity contribution in [2.75, 3.05) is 6.54 Å². The lowest BCUT2D eigenvalue weighted by atomic mass is 9.90. The van der Waals surface area contributed by atoms with Crippen LogP contribution in [0.3, 0.4) is 0 Å². The minimum atomic E-state index is -0.267. The van der Waals surface area contributed by atoms with Gasteiger partial charge in [-0.05, 0) is 49.1 Å². The van der Waals surface area contributed by atoms with Crippen LogP contribution >= 0.6 is 11.3 Å². The largest absolute Gasteiger partial charge is 0.388 e. The molecule has 0 amide bonds. The van der Waals surface area contributed by atoms with E-state index in [0.717, 1.165) is 23.1 Å². The Morgan fingerprint density at radius 1 is 1.50 bits per heavy atom. The van der Waals surface area contributed by atoms with Crippen molar-refractivity contribution in [3.05, 3.63) is 22.4 Å². The highest BCUT2D eigenvalue weighted by atomic mass is 32.1. The minimum Gasteiger partial charge on any atom is -0.388 e. The molecule has 2 heterocycles. The normalized spacial score (nSPS) is 35.2. The SMILES string of the molecule is OC(CC1NCC2CCCC21)c1cccs1. The van der Waals surface area contributed by atoms with Gasteiger partial charge in [-0.2, -0.15) is 0 Å². The van der Waals surface area contributed by atoms with E-state index in [9.17, 15) is 5.11 Å². The summed E-state index contributed by atoms with van der Waals surface area (Å²) >= 11 is 1.66. The van der Waals surface area contributed by atoms with Gasteiger partial charge in [0.05, 0.1) is 6.10 Å². The van der Waals surface area contributed by atoms with Crippen LogP contribution in [0.4, 0.5) is 0 Å². The first kappa shape index (κ1) is 10.8. The van der Waals surface area contributed by atoms with Gasteiger partial charge in [0.1, 0.15) is 0 Å². The Balaban J connectivity index is 1.62. The molecule has 1 aliphatic heterocycles. The van der Waals surface area contributed by atoms with Gasteiger partial charge in [-0.15, -0.1) is 11.3 Å². The summed E-state index contributed by atoms with van der Waals surface area (Å²) in [7, 11) is 0. The van der Waals surface area contributed by atoms with Gasteiger partial charge < -0.3 is 10.4 Å². The van der Waals surface area contributed by atoms with Crippen molar-refractivity contribution in [1.29, 1.82) is 0 Å². The predicted octanol–water partition coefficient (Wildman–Crippen LogP) is 2.56. The average Bonchev–Trinajstić information content (AvgIpc) is 2.94. The van der Waals surface area contributed by atoms with Crippen molar-refractivity contribution < 1.29 is 5.11 Å². The van der Waals surface area contributed by atoms with Crippen molar-refractivity contribution >= 4 is 11.3 Å². The number of aliphatic hydroxyl groups excluding tert-OH is 1. The molecule has 88 valence electrons. The van der Waals surface area contributed by atoms with Crippen molar-refractivity contribution in [3.63, 3.8) is 0 Å². The van der Waals surface area contributed by atoms with E-state index in [1.165, 1.54) is 25.8 Å². The second-order valence-corrected chi connectivity index (χ2v) is 6.12. The monoisotopic (exact) mass is 237 g/mol.